The Bertz CT molecular complexity index is 572. The normalized spacial score (nSPS) is 10.1. The van der Waals surface area contributed by atoms with Gasteiger partial charge in [0.1, 0.15) is 5.75 Å². The highest BCUT2D eigenvalue weighted by molar-refractivity contribution is 9.10. The molecule has 0 saturated heterocycles. The fourth-order valence-electron chi connectivity index (χ4n) is 1.39. The van der Waals surface area contributed by atoms with E-state index in [0.29, 0.717) is 11.3 Å². The average molecular weight is 371 g/mol. The quantitative estimate of drug-likeness (QED) is 0.767. The summed E-state index contributed by atoms with van der Waals surface area (Å²) in [5.74, 6) is 0.479. The van der Waals surface area contributed by atoms with Crippen LogP contribution in [0.2, 0.25) is 0 Å². The molecule has 92 valence electrons. The summed E-state index contributed by atoms with van der Waals surface area (Å²) in [6, 6.07) is 9.03. The number of rotatable bonds is 4. The van der Waals surface area contributed by atoms with Gasteiger partial charge in [-0.3, -0.25) is 9.78 Å². The maximum atomic E-state index is 11.9. The Morgan fingerprint density at radius 3 is 2.72 bits per heavy atom. The van der Waals surface area contributed by atoms with Crippen LogP contribution in [0.25, 0.3) is 0 Å². The fourth-order valence-corrected chi connectivity index (χ4v) is 2.24. The molecule has 2 aromatic rings. The lowest BCUT2D eigenvalue weighted by Gasteiger charge is -2.06. The second-order valence-electron chi connectivity index (χ2n) is 3.53. The third-order valence-electron chi connectivity index (χ3n) is 2.22. The predicted octanol–water partition coefficient (Wildman–Crippen LogP) is 3.87. The Kier molecular flexibility index (Phi) is 4.49. The molecule has 18 heavy (non-hydrogen) atoms. The number of carbonyl (C=O) groups is 1. The standard InChI is InChI=1S/C13H9Br2NO2/c14-9-5-10(7-16-6-9)18-8-13(17)11-3-1-2-4-12(11)15/h1-7H,8H2. The van der Waals surface area contributed by atoms with Gasteiger partial charge >= 0.3 is 0 Å². The summed E-state index contributed by atoms with van der Waals surface area (Å²) < 4.78 is 6.98. The number of hydrogen-bond donors (Lipinski definition) is 0. The highest BCUT2D eigenvalue weighted by atomic mass is 79.9. The molecule has 0 atom stereocenters. The third kappa shape index (κ3) is 3.40. The second kappa shape index (κ2) is 6.11. The molecule has 0 aliphatic rings. The zero-order valence-corrected chi connectivity index (χ0v) is 12.4. The van der Waals surface area contributed by atoms with Crippen LogP contribution in [0.15, 0.2) is 51.7 Å². The molecule has 1 aromatic carbocycles. The number of Topliss-reactive ketones (excluding diaryl/α,β-unsaturated/α-hetero) is 1. The van der Waals surface area contributed by atoms with Gasteiger partial charge in [-0.05, 0) is 28.1 Å². The van der Waals surface area contributed by atoms with Crippen LogP contribution in [-0.2, 0) is 0 Å². The van der Waals surface area contributed by atoms with Gasteiger partial charge in [0.2, 0.25) is 5.78 Å². The Balaban J connectivity index is 2.03. The van der Waals surface area contributed by atoms with Gasteiger partial charge in [-0.2, -0.15) is 0 Å². The molecule has 0 spiro atoms. The van der Waals surface area contributed by atoms with Crippen molar-refractivity contribution in [1.29, 1.82) is 0 Å². The number of ether oxygens (including phenoxy) is 1. The van der Waals surface area contributed by atoms with Crippen molar-refractivity contribution >= 4 is 37.6 Å². The van der Waals surface area contributed by atoms with Crippen LogP contribution in [-0.4, -0.2) is 17.4 Å². The van der Waals surface area contributed by atoms with Crippen molar-refractivity contribution in [3.8, 4) is 5.75 Å². The molecule has 0 amide bonds. The van der Waals surface area contributed by atoms with E-state index < -0.39 is 0 Å². The molecule has 0 aliphatic heterocycles. The smallest absolute Gasteiger partial charge is 0.201 e. The van der Waals surface area contributed by atoms with Crippen LogP contribution in [0.4, 0.5) is 0 Å². The van der Waals surface area contributed by atoms with Gasteiger partial charge in [0, 0.05) is 20.7 Å². The number of ketones is 1. The van der Waals surface area contributed by atoms with Crippen LogP contribution in [0.1, 0.15) is 10.4 Å². The van der Waals surface area contributed by atoms with Crippen molar-refractivity contribution in [3.05, 3.63) is 57.2 Å². The minimum atomic E-state index is -0.0811. The first-order valence-electron chi connectivity index (χ1n) is 5.18. The first-order chi connectivity index (χ1) is 8.66. The Morgan fingerprint density at radius 1 is 1.22 bits per heavy atom. The lowest BCUT2D eigenvalue weighted by atomic mass is 10.1. The number of pyridine rings is 1. The van der Waals surface area contributed by atoms with E-state index in [9.17, 15) is 4.79 Å². The predicted molar refractivity (Wildman–Crippen MR) is 75.9 cm³/mol. The van der Waals surface area contributed by atoms with Crippen LogP contribution < -0.4 is 4.74 Å². The Labute approximate surface area is 121 Å². The topological polar surface area (TPSA) is 39.2 Å². The zero-order valence-electron chi connectivity index (χ0n) is 9.27. The number of nitrogens with zero attached hydrogens (tertiary/aromatic N) is 1. The van der Waals surface area contributed by atoms with Gasteiger partial charge in [-0.25, -0.2) is 0 Å². The van der Waals surface area contributed by atoms with Crippen molar-refractivity contribution in [2.24, 2.45) is 0 Å². The summed E-state index contributed by atoms with van der Waals surface area (Å²) in [6.07, 6.45) is 3.22. The van der Waals surface area contributed by atoms with Gasteiger partial charge in [0.25, 0.3) is 0 Å². The summed E-state index contributed by atoms with van der Waals surface area (Å²) in [5.41, 5.74) is 0.612. The SMILES string of the molecule is O=C(COc1cncc(Br)c1)c1ccccc1Br. The average Bonchev–Trinajstić information content (AvgIpc) is 2.37. The van der Waals surface area contributed by atoms with Crippen molar-refractivity contribution in [2.75, 3.05) is 6.61 Å². The van der Waals surface area contributed by atoms with Crippen molar-refractivity contribution in [1.82, 2.24) is 4.98 Å². The summed E-state index contributed by atoms with van der Waals surface area (Å²) in [5, 5.41) is 0. The largest absolute Gasteiger partial charge is 0.484 e. The van der Waals surface area contributed by atoms with Crippen LogP contribution in [0.5, 0.6) is 5.75 Å². The van der Waals surface area contributed by atoms with Crippen molar-refractivity contribution in [3.63, 3.8) is 0 Å². The lowest BCUT2D eigenvalue weighted by Crippen LogP contribution is -2.12. The van der Waals surface area contributed by atoms with E-state index in [2.05, 4.69) is 36.8 Å². The molecule has 1 heterocycles. The van der Waals surface area contributed by atoms with E-state index in [1.54, 1.807) is 24.5 Å². The summed E-state index contributed by atoms with van der Waals surface area (Å²) in [6.45, 7) is -0.0131. The van der Waals surface area contributed by atoms with Crippen molar-refractivity contribution in [2.45, 2.75) is 0 Å². The molecule has 3 nitrogen and oxygen atoms in total. The van der Waals surface area contributed by atoms with E-state index >= 15 is 0 Å². The molecular formula is C13H9Br2NO2. The molecule has 0 fully saturated rings. The molecule has 0 aliphatic carbocycles. The number of aromatic nitrogens is 1. The molecule has 0 unspecified atom stereocenters. The van der Waals surface area contributed by atoms with E-state index in [4.69, 9.17) is 4.74 Å². The maximum Gasteiger partial charge on any atom is 0.201 e. The first kappa shape index (κ1) is 13.2. The molecule has 2 rings (SSSR count). The molecule has 1 aromatic heterocycles. The highest BCUT2D eigenvalue weighted by Gasteiger charge is 2.10. The number of halogens is 2. The van der Waals surface area contributed by atoms with Gasteiger partial charge in [-0.15, -0.1) is 0 Å². The molecular weight excluding hydrogens is 362 g/mol. The number of benzene rings is 1. The van der Waals surface area contributed by atoms with Crippen LogP contribution >= 0.6 is 31.9 Å². The molecule has 5 heteroatoms. The maximum absolute atomic E-state index is 11.9. The van der Waals surface area contributed by atoms with Crippen LogP contribution in [0, 0.1) is 0 Å². The van der Waals surface area contributed by atoms with Crippen LogP contribution in [0.3, 0.4) is 0 Å². The summed E-state index contributed by atoms with van der Waals surface area (Å²) in [7, 11) is 0. The lowest BCUT2D eigenvalue weighted by molar-refractivity contribution is 0.0920. The number of carbonyl (C=O) groups excluding carboxylic acids is 1. The number of hydrogen-bond acceptors (Lipinski definition) is 3. The highest BCUT2D eigenvalue weighted by Crippen LogP contribution is 2.18. The van der Waals surface area contributed by atoms with Gasteiger partial charge in [0.05, 0.1) is 6.20 Å². The van der Waals surface area contributed by atoms with E-state index in [0.717, 1.165) is 8.95 Å². The monoisotopic (exact) mass is 369 g/mol. The summed E-state index contributed by atoms with van der Waals surface area (Å²) >= 11 is 6.63. The Morgan fingerprint density at radius 2 is 2.00 bits per heavy atom. The first-order valence-corrected chi connectivity index (χ1v) is 6.76. The van der Waals surface area contributed by atoms with Crippen molar-refractivity contribution < 1.29 is 9.53 Å². The minimum Gasteiger partial charge on any atom is -0.484 e. The Hall–Kier alpha value is -1.20. The van der Waals surface area contributed by atoms with Gasteiger partial charge < -0.3 is 4.74 Å². The second-order valence-corrected chi connectivity index (χ2v) is 5.30. The minimum absolute atomic E-state index is 0.0131. The summed E-state index contributed by atoms with van der Waals surface area (Å²) in [4.78, 5) is 15.9. The van der Waals surface area contributed by atoms with E-state index in [1.165, 1.54) is 0 Å². The molecule has 0 N–H and O–H groups in total. The fraction of sp³-hybridized carbons (Fsp3) is 0.0769. The molecule has 0 radical (unpaired) electrons. The van der Waals surface area contributed by atoms with E-state index in [1.807, 2.05) is 18.2 Å². The molecule has 0 saturated carbocycles. The molecule has 0 bridgehead atoms. The third-order valence-corrected chi connectivity index (χ3v) is 3.35. The van der Waals surface area contributed by atoms with Gasteiger partial charge in [-0.1, -0.05) is 34.1 Å². The zero-order chi connectivity index (χ0) is 13.0. The van der Waals surface area contributed by atoms with E-state index in [-0.39, 0.29) is 12.4 Å². The van der Waals surface area contributed by atoms with Gasteiger partial charge in [0.15, 0.2) is 6.61 Å².